The van der Waals surface area contributed by atoms with Crippen LogP contribution in [0.15, 0.2) is 42.7 Å². The second-order valence-corrected chi connectivity index (χ2v) is 7.71. The van der Waals surface area contributed by atoms with E-state index in [4.69, 9.17) is 0 Å². The average molecular weight is 405 g/mol. The van der Waals surface area contributed by atoms with Gasteiger partial charge in [-0.1, -0.05) is 24.3 Å². The van der Waals surface area contributed by atoms with E-state index in [1.807, 2.05) is 32.0 Å². The normalized spacial score (nSPS) is 11.9. The van der Waals surface area contributed by atoms with E-state index >= 15 is 0 Å². The minimum Gasteiger partial charge on any atom is -0.345 e. The zero-order valence-corrected chi connectivity index (χ0v) is 18.2. The van der Waals surface area contributed by atoms with Gasteiger partial charge in [0.15, 0.2) is 5.78 Å². The second-order valence-electron chi connectivity index (χ2n) is 7.71. The molecule has 0 saturated heterocycles. The fraction of sp³-hybridized carbons (Fsp3) is 0.333. The Morgan fingerprint density at radius 2 is 1.83 bits per heavy atom. The van der Waals surface area contributed by atoms with E-state index in [1.165, 1.54) is 18.1 Å². The second kappa shape index (κ2) is 9.03. The first kappa shape index (κ1) is 21.4. The summed E-state index contributed by atoms with van der Waals surface area (Å²) in [4.78, 5) is 28.8. The molecule has 6 nitrogen and oxygen atoms in total. The summed E-state index contributed by atoms with van der Waals surface area (Å²) in [7, 11) is 0. The Bertz CT molecular complexity index is 1070. The van der Waals surface area contributed by atoms with E-state index in [-0.39, 0.29) is 24.2 Å². The zero-order chi connectivity index (χ0) is 21.8. The van der Waals surface area contributed by atoms with Gasteiger partial charge in [-0.05, 0) is 62.9 Å². The molecule has 0 aliphatic heterocycles. The van der Waals surface area contributed by atoms with Gasteiger partial charge >= 0.3 is 0 Å². The molecule has 3 aromatic rings. The molecule has 0 aliphatic carbocycles. The van der Waals surface area contributed by atoms with Crippen molar-refractivity contribution in [3.05, 3.63) is 81.9 Å². The summed E-state index contributed by atoms with van der Waals surface area (Å²) in [5, 5.41) is 7.57. The van der Waals surface area contributed by atoms with Crippen LogP contribution in [0.5, 0.6) is 0 Å². The van der Waals surface area contributed by atoms with Gasteiger partial charge in [-0.2, -0.15) is 5.10 Å². The van der Waals surface area contributed by atoms with Crippen LogP contribution in [0.2, 0.25) is 0 Å². The number of benzene rings is 1. The first-order valence-corrected chi connectivity index (χ1v) is 10.1. The van der Waals surface area contributed by atoms with E-state index in [0.29, 0.717) is 17.8 Å². The van der Waals surface area contributed by atoms with Gasteiger partial charge in [0.2, 0.25) is 5.91 Å². The number of amides is 1. The third-order valence-corrected chi connectivity index (χ3v) is 5.47. The van der Waals surface area contributed by atoms with Crippen molar-refractivity contribution in [3.63, 3.8) is 0 Å². The molecule has 0 saturated carbocycles. The van der Waals surface area contributed by atoms with Crippen LogP contribution in [-0.4, -0.2) is 26.5 Å². The van der Waals surface area contributed by atoms with Crippen LogP contribution in [0.3, 0.4) is 0 Å². The molecule has 0 radical (unpaired) electrons. The summed E-state index contributed by atoms with van der Waals surface area (Å²) in [6, 6.07) is 9.77. The number of aryl methyl sites for hydroxylation is 4. The van der Waals surface area contributed by atoms with Crippen molar-refractivity contribution in [2.45, 2.75) is 53.6 Å². The summed E-state index contributed by atoms with van der Waals surface area (Å²) >= 11 is 0. The average Bonchev–Trinajstić information content (AvgIpc) is 3.00. The Hall–Kier alpha value is -3.28. The molecular weight excluding hydrogens is 376 g/mol. The summed E-state index contributed by atoms with van der Waals surface area (Å²) in [5.74, 6) is -0.0916. The maximum Gasteiger partial charge on any atom is 0.222 e. The first-order chi connectivity index (χ1) is 14.3. The summed E-state index contributed by atoms with van der Waals surface area (Å²) in [5.41, 5.74) is 6.47. The summed E-state index contributed by atoms with van der Waals surface area (Å²) in [6.45, 7) is 9.77. The molecule has 0 aliphatic rings. The van der Waals surface area contributed by atoms with E-state index in [2.05, 4.69) is 41.4 Å². The van der Waals surface area contributed by atoms with Crippen LogP contribution in [-0.2, 0) is 11.3 Å². The highest BCUT2D eigenvalue weighted by Gasteiger charge is 2.19. The number of aromatic nitrogens is 3. The molecule has 1 atom stereocenters. The van der Waals surface area contributed by atoms with Crippen LogP contribution in [0.25, 0.3) is 0 Å². The van der Waals surface area contributed by atoms with Crippen molar-refractivity contribution in [2.75, 3.05) is 0 Å². The predicted molar refractivity (Wildman–Crippen MR) is 116 cm³/mol. The highest BCUT2D eigenvalue weighted by molar-refractivity contribution is 5.96. The van der Waals surface area contributed by atoms with E-state index in [1.54, 1.807) is 17.1 Å². The predicted octanol–water partition coefficient (Wildman–Crippen LogP) is 4.01. The minimum atomic E-state index is -0.279. The molecule has 1 N–H and O–H groups in total. The maximum atomic E-state index is 12.8. The molecule has 0 fully saturated rings. The summed E-state index contributed by atoms with van der Waals surface area (Å²) < 4.78 is 1.74. The van der Waals surface area contributed by atoms with Crippen molar-refractivity contribution >= 4 is 11.7 Å². The van der Waals surface area contributed by atoms with Gasteiger partial charge in [0.25, 0.3) is 0 Å². The number of nitrogens with one attached hydrogen (secondary N) is 1. The molecule has 2 aromatic heterocycles. The number of carbonyl (C=O) groups excluding carboxylic acids is 2. The van der Waals surface area contributed by atoms with Crippen LogP contribution >= 0.6 is 0 Å². The molecule has 2 heterocycles. The Kier molecular flexibility index (Phi) is 6.45. The Balaban J connectivity index is 1.78. The van der Waals surface area contributed by atoms with Crippen molar-refractivity contribution in [1.82, 2.24) is 20.1 Å². The maximum absolute atomic E-state index is 12.8. The zero-order valence-electron chi connectivity index (χ0n) is 18.2. The number of hydrogen-bond acceptors (Lipinski definition) is 4. The van der Waals surface area contributed by atoms with Gasteiger partial charge in [0.1, 0.15) is 0 Å². The lowest BCUT2D eigenvalue weighted by atomic mass is 9.96. The fourth-order valence-corrected chi connectivity index (χ4v) is 3.71. The lowest BCUT2D eigenvalue weighted by Crippen LogP contribution is -2.30. The SMILES string of the molecule is CC(=O)c1c(C)nn(CCC(=O)NC(c2cccnc2)c2ccc(C)c(C)c2)c1C. The highest BCUT2D eigenvalue weighted by atomic mass is 16.1. The lowest BCUT2D eigenvalue weighted by molar-refractivity contribution is -0.121. The number of nitrogens with zero attached hydrogens (tertiary/aromatic N) is 3. The summed E-state index contributed by atoms with van der Waals surface area (Å²) in [6.07, 6.45) is 3.76. The Morgan fingerprint density at radius 1 is 1.07 bits per heavy atom. The minimum absolute atomic E-state index is 0.00733. The van der Waals surface area contributed by atoms with Crippen molar-refractivity contribution in [1.29, 1.82) is 0 Å². The Labute approximate surface area is 177 Å². The smallest absolute Gasteiger partial charge is 0.222 e. The topological polar surface area (TPSA) is 76.9 Å². The van der Waals surface area contributed by atoms with Crippen molar-refractivity contribution < 1.29 is 9.59 Å². The largest absolute Gasteiger partial charge is 0.345 e. The molecule has 1 aromatic carbocycles. The van der Waals surface area contributed by atoms with E-state index in [0.717, 1.165) is 16.8 Å². The van der Waals surface area contributed by atoms with Crippen LogP contribution in [0.1, 0.15) is 63.4 Å². The number of rotatable bonds is 7. The standard InChI is InChI=1S/C24H28N4O2/c1-15-8-9-20(13-16(15)2)24(21-7-6-11-25-14-21)26-22(30)10-12-28-18(4)23(19(5)29)17(3)27-28/h6-9,11,13-14,24H,10,12H2,1-5H3,(H,26,30). The van der Waals surface area contributed by atoms with Crippen molar-refractivity contribution in [3.8, 4) is 0 Å². The third-order valence-electron chi connectivity index (χ3n) is 5.47. The van der Waals surface area contributed by atoms with Gasteiger partial charge in [-0.25, -0.2) is 0 Å². The quantitative estimate of drug-likeness (QED) is 0.604. The first-order valence-electron chi connectivity index (χ1n) is 10.1. The molecule has 30 heavy (non-hydrogen) atoms. The van der Waals surface area contributed by atoms with Gasteiger partial charge in [-0.15, -0.1) is 0 Å². The van der Waals surface area contributed by atoms with Crippen LogP contribution in [0.4, 0.5) is 0 Å². The molecule has 1 amide bonds. The van der Waals surface area contributed by atoms with Gasteiger partial charge in [0.05, 0.1) is 17.3 Å². The highest BCUT2D eigenvalue weighted by Crippen LogP contribution is 2.24. The number of hydrogen-bond donors (Lipinski definition) is 1. The van der Waals surface area contributed by atoms with E-state index < -0.39 is 0 Å². The third kappa shape index (κ3) is 4.64. The van der Waals surface area contributed by atoms with Crippen LogP contribution < -0.4 is 5.32 Å². The molecule has 1 unspecified atom stereocenters. The molecule has 3 rings (SSSR count). The Morgan fingerprint density at radius 3 is 2.43 bits per heavy atom. The van der Waals surface area contributed by atoms with Gasteiger partial charge in [0, 0.05) is 31.1 Å². The molecule has 6 heteroatoms. The monoisotopic (exact) mass is 404 g/mol. The lowest BCUT2D eigenvalue weighted by Gasteiger charge is -2.20. The van der Waals surface area contributed by atoms with Crippen molar-refractivity contribution in [2.24, 2.45) is 0 Å². The molecule has 0 bridgehead atoms. The molecule has 0 spiro atoms. The van der Waals surface area contributed by atoms with Gasteiger partial charge < -0.3 is 5.32 Å². The fourth-order valence-electron chi connectivity index (χ4n) is 3.71. The number of Topliss-reactive ketones (excluding diaryl/α,β-unsaturated/α-hetero) is 1. The van der Waals surface area contributed by atoms with Gasteiger partial charge in [-0.3, -0.25) is 19.3 Å². The van der Waals surface area contributed by atoms with Crippen LogP contribution in [0, 0.1) is 27.7 Å². The molecular formula is C24H28N4O2. The number of pyridine rings is 1. The number of ketones is 1. The van der Waals surface area contributed by atoms with E-state index in [9.17, 15) is 9.59 Å². The number of carbonyl (C=O) groups is 2. The molecule has 156 valence electrons.